The molecule has 0 N–H and O–H groups in total. The van der Waals surface area contributed by atoms with Gasteiger partial charge in [0.25, 0.3) is 21.9 Å². The zero-order valence-electron chi connectivity index (χ0n) is 8.25. The third kappa shape index (κ3) is 2.60. The van der Waals surface area contributed by atoms with Gasteiger partial charge < -0.3 is 0 Å². The molecule has 0 unspecified atom stereocenters. The second kappa shape index (κ2) is 5.07. The molecule has 0 amide bonds. The third-order valence-electron chi connectivity index (χ3n) is 1.91. The van der Waals surface area contributed by atoms with Gasteiger partial charge in [0.2, 0.25) is 0 Å². The number of carbonyl (C=O) groups is 2. The number of non-ortho nitro benzene ring substituents is 1. The zero-order valence-corrected chi connectivity index (χ0v) is 9.77. The second-order valence-corrected chi connectivity index (χ2v) is 3.64. The van der Waals surface area contributed by atoms with Crippen molar-refractivity contribution in [2.75, 3.05) is 0 Å². The Morgan fingerprint density at radius 3 is 1.56 bits per heavy atom. The van der Waals surface area contributed by atoms with Gasteiger partial charge in [-0.2, -0.15) is 0 Å². The van der Waals surface area contributed by atoms with Crippen LogP contribution in [-0.4, -0.2) is 20.3 Å². The van der Waals surface area contributed by atoms with Crippen molar-refractivity contribution in [3.8, 4) is 0 Å². The fourth-order valence-electron chi connectivity index (χ4n) is 1.22. The van der Waals surface area contributed by atoms with Crippen molar-refractivity contribution in [2.45, 2.75) is 0 Å². The summed E-state index contributed by atoms with van der Waals surface area (Å²) in [4.78, 5) is 41.3. The normalized spacial score (nSPS) is 9.89. The molecule has 1 rings (SSSR count). The molecule has 0 spiro atoms. The molecule has 94 valence electrons. The molecule has 0 bridgehead atoms. The van der Waals surface area contributed by atoms with E-state index in [1.54, 1.807) is 0 Å². The molecule has 0 heterocycles. The fourth-order valence-corrected chi connectivity index (χ4v) is 1.51. The summed E-state index contributed by atoms with van der Waals surface area (Å²) in [6, 6.07) is 1.22. The lowest BCUT2D eigenvalue weighted by atomic mass is 10.1. The molecule has 0 saturated carbocycles. The first-order valence-corrected chi connectivity index (χ1v) is 4.87. The molecule has 1 aromatic carbocycles. The molecular formula is C8H2Cl2N2O6. The van der Waals surface area contributed by atoms with E-state index >= 15 is 0 Å². The van der Waals surface area contributed by atoms with Gasteiger partial charge in [-0.1, -0.05) is 0 Å². The molecule has 0 atom stereocenters. The standard InChI is InChI=1S/C8H2Cl2N2O6/c9-7(13)4-1-3(11(15)16)2-5(8(10)14)6(4)12(17)18/h1-2H. The van der Waals surface area contributed by atoms with Crippen LogP contribution in [-0.2, 0) is 0 Å². The minimum atomic E-state index is -1.30. The van der Waals surface area contributed by atoms with Crippen LogP contribution in [0.1, 0.15) is 20.7 Å². The lowest BCUT2D eigenvalue weighted by Crippen LogP contribution is -2.06. The molecule has 0 radical (unpaired) electrons. The number of nitrogens with zero attached hydrogens (tertiary/aromatic N) is 2. The van der Waals surface area contributed by atoms with Crippen LogP contribution in [0, 0.1) is 20.2 Å². The van der Waals surface area contributed by atoms with Gasteiger partial charge in [-0.05, 0) is 23.2 Å². The maximum atomic E-state index is 11.0. The van der Waals surface area contributed by atoms with Gasteiger partial charge >= 0.3 is 0 Å². The summed E-state index contributed by atoms with van der Waals surface area (Å²) in [6.07, 6.45) is 0. The Morgan fingerprint density at radius 1 is 0.944 bits per heavy atom. The molecule has 18 heavy (non-hydrogen) atoms. The van der Waals surface area contributed by atoms with Crippen molar-refractivity contribution in [1.29, 1.82) is 0 Å². The number of nitro benzene ring substituents is 2. The van der Waals surface area contributed by atoms with E-state index in [0.717, 1.165) is 0 Å². The van der Waals surface area contributed by atoms with E-state index in [9.17, 15) is 29.8 Å². The lowest BCUT2D eigenvalue weighted by molar-refractivity contribution is -0.389. The first kappa shape index (κ1) is 14.0. The number of rotatable bonds is 4. The van der Waals surface area contributed by atoms with E-state index in [2.05, 4.69) is 0 Å². The van der Waals surface area contributed by atoms with Crippen LogP contribution in [0.5, 0.6) is 0 Å². The van der Waals surface area contributed by atoms with E-state index < -0.39 is 42.8 Å². The number of nitro groups is 2. The van der Waals surface area contributed by atoms with E-state index in [1.165, 1.54) is 0 Å². The first-order valence-electron chi connectivity index (χ1n) is 4.12. The average Bonchev–Trinajstić information content (AvgIpc) is 2.26. The third-order valence-corrected chi connectivity index (χ3v) is 2.32. The van der Waals surface area contributed by atoms with E-state index in [0.29, 0.717) is 12.1 Å². The minimum Gasteiger partial charge on any atom is -0.275 e. The van der Waals surface area contributed by atoms with Crippen LogP contribution in [0.4, 0.5) is 11.4 Å². The van der Waals surface area contributed by atoms with Crippen molar-refractivity contribution < 1.29 is 19.4 Å². The highest BCUT2D eigenvalue weighted by molar-refractivity contribution is 6.70. The summed E-state index contributed by atoms with van der Waals surface area (Å²) < 4.78 is 0. The number of hydrogen-bond donors (Lipinski definition) is 0. The molecule has 1 aromatic rings. The highest BCUT2D eigenvalue weighted by atomic mass is 35.5. The van der Waals surface area contributed by atoms with Crippen LogP contribution >= 0.6 is 23.2 Å². The quantitative estimate of drug-likeness (QED) is 0.477. The largest absolute Gasteiger partial charge is 0.294 e. The Morgan fingerprint density at radius 2 is 1.33 bits per heavy atom. The molecule has 8 nitrogen and oxygen atoms in total. The van der Waals surface area contributed by atoms with Gasteiger partial charge in [0.1, 0.15) is 11.1 Å². The molecule has 0 aromatic heterocycles. The molecule has 0 aliphatic rings. The van der Waals surface area contributed by atoms with E-state index in [-0.39, 0.29) is 0 Å². The number of halogens is 2. The molecular weight excluding hydrogens is 291 g/mol. The van der Waals surface area contributed by atoms with Crippen LogP contribution in [0.25, 0.3) is 0 Å². The summed E-state index contributed by atoms with van der Waals surface area (Å²) in [7, 11) is 0. The van der Waals surface area contributed by atoms with Gasteiger partial charge in [0.05, 0.1) is 9.85 Å². The molecule has 10 heteroatoms. The van der Waals surface area contributed by atoms with Gasteiger partial charge in [-0.3, -0.25) is 29.8 Å². The molecule has 0 saturated heterocycles. The van der Waals surface area contributed by atoms with Gasteiger partial charge in [-0.15, -0.1) is 0 Å². The zero-order chi connectivity index (χ0) is 14.0. The molecule has 0 fully saturated rings. The van der Waals surface area contributed by atoms with Gasteiger partial charge in [-0.25, -0.2) is 0 Å². The Kier molecular flexibility index (Phi) is 3.94. The van der Waals surface area contributed by atoms with Gasteiger partial charge in [0.15, 0.2) is 0 Å². The molecule has 0 aliphatic heterocycles. The Balaban J connectivity index is 3.76. The highest BCUT2D eigenvalue weighted by Crippen LogP contribution is 2.31. The van der Waals surface area contributed by atoms with Crippen molar-refractivity contribution in [3.05, 3.63) is 43.5 Å². The van der Waals surface area contributed by atoms with Crippen molar-refractivity contribution in [2.24, 2.45) is 0 Å². The van der Waals surface area contributed by atoms with Crippen LogP contribution < -0.4 is 0 Å². The number of carbonyl (C=O) groups excluding carboxylic acids is 2. The number of benzene rings is 1. The van der Waals surface area contributed by atoms with E-state index in [1.807, 2.05) is 0 Å². The maximum Gasteiger partial charge on any atom is 0.294 e. The topological polar surface area (TPSA) is 120 Å². The van der Waals surface area contributed by atoms with Gasteiger partial charge in [0, 0.05) is 12.1 Å². The lowest BCUT2D eigenvalue weighted by Gasteiger charge is -2.02. The first-order chi connectivity index (χ1) is 8.25. The Bertz CT molecular complexity index is 550. The predicted molar refractivity (Wildman–Crippen MR) is 60.1 cm³/mol. The van der Waals surface area contributed by atoms with Crippen molar-refractivity contribution in [3.63, 3.8) is 0 Å². The summed E-state index contributed by atoms with van der Waals surface area (Å²) in [5, 5.41) is 18.7. The summed E-state index contributed by atoms with van der Waals surface area (Å²) >= 11 is 10.2. The predicted octanol–water partition coefficient (Wildman–Crippen LogP) is 2.26. The smallest absolute Gasteiger partial charge is 0.275 e. The van der Waals surface area contributed by atoms with Crippen LogP contribution in [0.15, 0.2) is 12.1 Å². The number of hydrogen-bond acceptors (Lipinski definition) is 6. The molecule has 0 aliphatic carbocycles. The average molecular weight is 293 g/mol. The SMILES string of the molecule is O=C(Cl)c1cc([N+](=O)[O-])cc(C(=O)Cl)c1[N+](=O)[O-]. The van der Waals surface area contributed by atoms with Crippen molar-refractivity contribution >= 4 is 45.1 Å². The minimum absolute atomic E-state index is 0.608. The highest BCUT2D eigenvalue weighted by Gasteiger charge is 2.30. The second-order valence-electron chi connectivity index (χ2n) is 2.95. The summed E-state index contributed by atoms with van der Waals surface area (Å²) in [6.45, 7) is 0. The maximum absolute atomic E-state index is 11.0. The fraction of sp³-hybridized carbons (Fsp3) is 0. The Hall–Kier alpha value is -2.06. The van der Waals surface area contributed by atoms with Crippen molar-refractivity contribution in [1.82, 2.24) is 0 Å². The van der Waals surface area contributed by atoms with Crippen LogP contribution in [0.2, 0.25) is 0 Å². The monoisotopic (exact) mass is 292 g/mol. The summed E-state index contributed by atoms with van der Waals surface area (Å²) in [5.74, 6) is 0. The van der Waals surface area contributed by atoms with Crippen LogP contribution in [0.3, 0.4) is 0 Å². The Labute approximate surface area is 108 Å². The van der Waals surface area contributed by atoms with E-state index in [4.69, 9.17) is 23.2 Å². The summed E-state index contributed by atoms with van der Waals surface area (Å²) in [5.41, 5.74) is -3.19.